The second kappa shape index (κ2) is 13.1. The lowest BCUT2D eigenvalue weighted by Gasteiger charge is -2.13. The summed E-state index contributed by atoms with van der Waals surface area (Å²) in [6, 6.07) is 14.0. The van der Waals surface area contributed by atoms with E-state index in [4.69, 9.17) is 0 Å². The number of hydrogen-bond acceptors (Lipinski definition) is 2. The predicted octanol–water partition coefficient (Wildman–Crippen LogP) is 3.28. The molecule has 2 aromatic rings. The number of aliphatic imine (C=N–C) groups is 1. The second-order valence-corrected chi connectivity index (χ2v) is 6.22. The molecule has 0 atom stereocenters. The van der Waals surface area contributed by atoms with E-state index >= 15 is 0 Å². The molecule has 28 heavy (non-hydrogen) atoms. The van der Waals surface area contributed by atoms with Gasteiger partial charge in [0.2, 0.25) is 0 Å². The lowest BCUT2D eigenvalue weighted by atomic mass is 10.1. The molecule has 0 aromatic heterocycles. The maximum atomic E-state index is 13.1. The number of rotatable bonds is 8. The van der Waals surface area contributed by atoms with Gasteiger partial charge >= 0.3 is 0 Å². The fraction of sp³-hybridized carbons (Fsp3) is 0.333. The lowest BCUT2D eigenvalue weighted by molar-refractivity contribution is 0.0953. The molecule has 152 valence electrons. The van der Waals surface area contributed by atoms with E-state index in [9.17, 15) is 9.18 Å². The molecule has 0 unspecified atom stereocenters. The molecule has 0 fully saturated rings. The number of amides is 1. The first kappa shape index (κ1) is 23.9. The van der Waals surface area contributed by atoms with Gasteiger partial charge < -0.3 is 16.0 Å². The number of carbonyl (C=O) groups excluding carboxylic acids is 1. The third-order valence-corrected chi connectivity index (χ3v) is 4.18. The van der Waals surface area contributed by atoms with Crippen LogP contribution in [0.4, 0.5) is 4.39 Å². The van der Waals surface area contributed by atoms with Crippen LogP contribution in [0.25, 0.3) is 0 Å². The highest BCUT2D eigenvalue weighted by Gasteiger charge is 2.04. The first-order valence-corrected chi connectivity index (χ1v) is 9.13. The lowest BCUT2D eigenvalue weighted by Crippen LogP contribution is -2.39. The molecule has 3 N–H and O–H groups in total. The number of guanidine groups is 1. The number of carbonyl (C=O) groups is 1. The van der Waals surface area contributed by atoms with Crippen LogP contribution in [-0.4, -0.2) is 38.5 Å². The molecule has 7 heteroatoms. The van der Waals surface area contributed by atoms with E-state index in [1.807, 2.05) is 31.2 Å². The number of benzene rings is 2. The molecule has 0 aliphatic rings. The molecule has 0 heterocycles. The van der Waals surface area contributed by atoms with Gasteiger partial charge in [-0.3, -0.25) is 9.79 Å². The van der Waals surface area contributed by atoms with E-state index in [1.54, 1.807) is 25.2 Å². The van der Waals surface area contributed by atoms with Crippen molar-refractivity contribution in [2.45, 2.75) is 19.8 Å². The highest BCUT2D eigenvalue weighted by atomic mass is 127. The summed E-state index contributed by atoms with van der Waals surface area (Å²) in [4.78, 5) is 16.1. The van der Waals surface area contributed by atoms with Crippen LogP contribution in [0.2, 0.25) is 0 Å². The summed E-state index contributed by atoms with van der Waals surface area (Å²) in [5.41, 5.74) is 2.73. The Balaban J connectivity index is 0.00000392. The van der Waals surface area contributed by atoms with Gasteiger partial charge in [0, 0.05) is 32.2 Å². The van der Waals surface area contributed by atoms with Crippen molar-refractivity contribution >= 4 is 35.8 Å². The van der Waals surface area contributed by atoms with Gasteiger partial charge in [0.15, 0.2) is 5.96 Å². The zero-order valence-corrected chi connectivity index (χ0v) is 18.6. The normalized spacial score (nSPS) is 10.8. The minimum Gasteiger partial charge on any atom is -0.356 e. The Morgan fingerprint density at radius 1 is 1.00 bits per heavy atom. The van der Waals surface area contributed by atoms with Crippen molar-refractivity contribution in [2.24, 2.45) is 4.99 Å². The zero-order valence-electron chi connectivity index (χ0n) is 16.3. The Labute approximate surface area is 183 Å². The molecule has 0 aliphatic carbocycles. The van der Waals surface area contributed by atoms with Crippen LogP contribution >= 0.6 is 24.0 Å². The molecular weight excluding hydrogens is 470 g/mol. The first-order chi connectivity index (χ1) is 13.1. The van der Waals surface area contributed by atoms with E-state index in [2.05, 4.69) is 20.9 Å². The highest BCUT2D eigenvalue weighted by Crippen LogP contribution is 2.10. The summed E-state index contributed by atoms with van der Waals surface area (Å²) in [5, 5.41) is 9.36. The maximum Gasteiger partial charge on any atom is 0.251 e. The van der Waals surface area contributed by atoms with Gasteiger partial charge in [-0.05, 0) is 55.2 Å². The Morgan fingerprint density at radius 2 is 1.68 bits per heavy atom. The van der Waals surface area contributed by atoms with Crippen LogP contribution in [0, 0.1) is 12.7 Å². The largest absolute Gasteiger partial charge is 0.356 e. The molecule has 1 amide bonds. The Hall–Kier alpha value is -2.16. The molecule has 0 saturated heterocycles. The summed E-state index contributed by atoms with van der Waals surface area (Å²) in [5.74, 6) is 0.443. The Morgan fingerprint density at radius 3 is 2.36 bits per heavy atom. The van der Waals surface area contributed by atoms with E-state index in [1.165, 1.54) is 6.07 Å². The van der Waals surface area contributed by atoms with E-state index in [-0.39, 0.29) is 35.7 Å². The minimum absolute atomic E-state index is 0. The van der Waals surface area contributed by atoms with Gasteiger partial charge in [-0.2, -0.15) is 0 Å². The minimum atomic E-state index is -0.207. The first-order valence-electron chi connectivity index (χ1n) is 9.13. The predicted molar refractivity (Wildman–Crippen MR) is 123 cm³/mol. The Bertz CT molecular complexity index is 768. The van der Waals surface area contributed by atoms with Crippen molar-refractivity contribution in [3.8, 4) is 0 Å². The van der Waals surface area contributed by atoms with Crippen molar-refractivity contribution in [2.75, 3.05) is 26.7 Å². The molecule has 2 aromatic carbocycles. The van der Waals surface area contributed by atoms with Crippen molar-refractivity contribution in [1.82, 2.24) is 16.0 Å². The number of nitrogens with one attached hydrogen (secondary N) is 3. The monoisotopic (exact) mass is 498 g/mol. The van der Waals surface area contributed by atoms with Gasteiger partial charge in [-0.1, -0.05) is 24.3 Å². The zero-order chi connectivity index (χ0) is 19.5. The molecule has 0 radical (unpaired) electrons. The standard InChI is InChI=1S/C21H27FN4O.HI/c1-16-15-19(22)10-9-17(16)11-14-26-21(23-2)25-13-6-12-24-20(27)18-7-4-3-5-8-18;/h3-5,7-10,15H,6,11-14H2,1-2H3,(H,24,27)(H2,23,25,26);1H. The summed E-state index contributed by atoms with van der Waals surface area (Å²) >= 11 is 0. The van der Waals surface area contributed by atoms with Crippen LogP contribution in [0.15, 0.2) is 53.5 Å². The van der Waals surface area contributed by atoms with Crippen molar-refractivity contribution < 1.29 is 9.18 Å². The number of aryl methyl sites for hydroxylation is 1. The fourth-order valence-electron chi connectivity index (χ4n) is 2.66. The third-order valence-electron chi connectivity index (χ3n) is 4.18. The third kappa shape index (κ3) is 8.24. The number of hydrogen-bond donors (Lipinski definition) is 3. The maximum absolute atomic E-state index is 13.1. The van der Waals surface area contributed by atoms with Gasteiger partial charge in [0.05, 0.1) is 0 Å². The highest BCUT2D eigenvalue weighted by molar-refractivity contribution is 14.0. The molecule has 0 bridgehead atoms. The van der Waals surface area contributed by atoms with Crippen LogP contribution in [0.3, 0.4) is 0 Å². The van der Waals surface area contributed by atoms with Gasteiger partial charge in [-0.25, -0.2) is 4.39 Å². The van der Waals surface area contributed by atoms with Crippen molar-refractivity contribution in [1.29, 1.82) is 0 Å². The van der Waals surface area contributed by atoms with E-state index in [0.717, 1.165) is 24.0 Å². The smallest absolute Gasteiger partial charge is 0.251 e. The van der Waals surface area contributed by atoms with Gasteiger partial charge in [0.1, 0.15) is 5.82 Å². The molecule has 0 spiro atoms. The quantitative estimate of drug-likeness (QED) is 0.227. The van der Waals surface area contributed by atoms with Gasteiger partial charge in [-0.15, -0.1) is 24.0 Å². The molecule has 5 nitrogen and oxygen atoms in total. The second-order valence-electron chi connectivity index (χ2n) is 6.22. The number of halogens is 2. The SMILES string of the molecule is CN=C(NCCCNC(=O)c1ccccc1)NCCc1ccc(F)cc1C.I. The molecular formula is C21H28FIN4O. The number of nitrogens with zero attached hydrogens (tertiary/aromatic N) is 1. The summed E-state index contributed by atoms with van der Waals surface area (Å²) < 4.78 is 13.1. The average molecular weight is 498 g/mol. The Kier molecular flexibility index (Phi) is 11.2. The fourth-order valence-corrected chi connectivity index (χ4v) is 2.66. The van der Waals surface area contributed by atoms with Crippen LogP contribution in [0.1, 0.15) is 27.9 Å². The van der Waals surface area contributed by atoms with Gasteiger partial charge in [0.25, 0.3) is 5.91 Å². The van der Waals surface area contributed by atoms with Crippen molar-refractivity contribution in [3.63, 3.8) is 0 Å². The van der Waals surface area contributed by atoms with E-state index < -0.39 is 0 Å². The summed E-state index contributed by atoms with van der Waals surface area (Å²) in [6.07, 6.45) is 1.58. The summed E-state index contributed by atoms with van der Waals surface area (Å²) in [7, 11) is 1.72. The van der Waals surface area contributed by atoms with Crippen LogP contribution < -0.4 is 16.0 Å². The topological polar surface area (TPSA) is 65.5 Å². The molecule has 0 saturated carbocycles. The molecule has 0 aliphatic heterocycles. The van der Waals surface area contributed by atoms with Crippen LogP contribution in [0.5, 0.6) is 0 Å². The van der Waals surface area contributed by atoms with Crippen molar-refractivity contribution in [3.05, 3.63) is 71.0 Å². The molecule has 2 rings (SSSR count). The average Bonchev–Trinajstić information content (AvgIpc) is 2.68. The summed E-state index contributed by atoms with van der Waals surface area (Å²) in [6.45, 7) is 3.91. The van der Waals surface area contributed by atoms with Crippen LogP contribution in [-0.2, 0) is 6.42 Å². The van der Waals surface area contributed by atoms with E-state index in [0.29, 0.717) is 31.2 Å².